The van der Waals surface area contributed by atoms with Gasteiger partial charge >= 0.3 is 0 Å². The molecule has 1 amide bonds. The molecule has 19 heavy (non-hydrogen) atoms. The molecule has 1 aromatic rings. The maximum Gasteiger partial charge on any atom is 0.220 e. The van der Waals surface area contributed by atoms with Gasteiger partial charge in [0.2, 0.25) is 5.91 Å². The second-order valence-electron chi connectivity index (χ2n) is 3.87. The van der Waals surface area contributed by atoms with E-state index in [9.17, 15) is 4.79 Å². The Kier molecular flexibility index (Phi) is 6.81. The Morgan fingerprint density at radius 2 is 1.89 bits per heavy atom. The van der Waals surface area contributed by atoms with Crippen molar-refractivity contribution in [2.24, 2.45) is 0 Å². The molecular weight excluding hydrogens is 289 g/mol. The van der Waals surface area contributed by atoms with E-state index in [2.05, 4.69) is 5.32 Å². The average molecular weight is 306 g/mol. The molecule has 1 N–H and O–H groups in total. The van der Waals surface area contributed by atoms with Crippen LogP contribution in [0.2, 0.25) is 5.02 Å². The summed E-state index contributed by atoms with van der Waals surface area (Å²) < 4.78 is 10.3. The van der Waals surface area contributed by atoms with Gasteiger partial charge in [0.1, 0.15) is 0 Å². The molecule has 0 aliphatic rings. The molecule has 106 valence electrons. The van der Waals surface area contributed by atoms with Gasteiger partial charge in [-0.1, -0.05) is 11.6 Å². The minimum absolute atomic E-state index is 0.0495. The molecule has 0 spiro atoms. The van der Waals surface area contributed by atoms with Gasteiger partial charge in [-0.3, -0.25) is 4.79 Å². The monoisotopic (exact) mass is 305 g/mol. The van der Waals surface area contributed by atoms with Crippen LogP contribution in [0.4, 0.5) is 0 Å². The maximum atomic E-state index is 11.5. The van der Waals surface area contributed by atoms with Gasteiger partial charge < -0.3 is 14.8 Å². The number of halogens is 2. The largest absolute Gasteiger partial charge is 0.493 e. The van der Waals surface area contributed by atoms with E-state index in [1.54, 1.807) is 26.4 Å². The highest BCUT2D eigenvalue weighted by molar-refractivity contribution is 6.31. The highest BCUT2D eigenvalue weighted by Gasteiger charge is 2.10. The van der Waals surface area contributed by atoms with Crippen molar-refractivity contribution >= 4 is 29.1 Å². The van der Waals surface area contributed by atoms with Crippen LogP contribution >= 0.6 is 23.2 Å². The third kappa shape index (κ3) is 4.80. The van der Waals surface area contributed by atoms with Crippen molar-refractivity contribution in [3.8, 4) is 11.5 Å². The molecule has 0 unspecified atom stereocenters. The van der Waals surface area contributed by atoms with E-state index in [1.165, 1.54) is 0 Å². The summed E-state index contributed by atoms with van der Waals surface area (Å²) in [7, 11) is 3.09. The van der Waals surface area contributed by atoms with Crippen LogP contribution in [0.3, 0.4) is 0 Å². The molecular formula is C13H17Cl2NO3. The first-order valence-corrected chi connectivity index (χ1v) is 6.76. The zero-order valence-corrected chi connectivity index (χ0v) is 12.5. The maximum absolute atomic E-state index is 11.5. The minimum Gasteiger partial charge on any atom is -0.493 e. The lowest BCUT2D eigenvalue weighted by Crippen LogP contribution is -2.22. The molecule has 0 heterocycles. The van der Waals surface area contributed by atoms with Gasteiger partial charge in [-0.25, -0.2) is 0 Å². The van der Waals surface area contributed by atoms with Crippen LogP contribution in [-0.2, 0) is 11.3 Å². The SMILES string of the molecule is COc1cc(Cl)c(CNC(=O)CCCCl)cc1OC. The molecule has 0 atom stereocenters. The zero-order chi connectivity index (χ0) is 14.3. The topological polar surface area (TPSA) is 47.6 Å². The smallest absolute Gasteiger partial charge is 0.220 e. The van der Waals surface area contributed by atoms with Gasteiger partial charge in [-0.05, 0) is 18.1 Å². The Morgan fingerprint density at radius 3 is 2.47 bits per heavy atom. The summed E-state index contributed by atoms with van der Waals surface area (Å²) in [6.07, 6.45) is 1.07. The third-order valence-electron chi connectivity index (χ3n) is 2.57. The summed E-state index contributed by atoms with van der Waals surface area (Å²) in [6, 6.07) is 3.42. The Hall–Kier alpha value is -1.13. The molecule has 1 rings (SSSR count). The number of hydrogen-bond acceptors (Lipinski definition) is 3. The van der Waals surface area contributed by atoms with Crippen molar-refractivity contribution in [3.05, 3.63) is 22.7 Å². The van der Waals surface area contributed by atoms with Gasteiger partial charge in [0.15, 0.2) is 11.5 Å². The standard InChI is InChI=1S/C13H17Cl2NO3/c1-18-11-6-9(10(15)7-12(11)19-2)8-16-13(17)4-3-5-14/h6-7H,3-5,8H2,1-2H3,(H,16,17). The normalized spacial score (nSPS) is 10.1. The molecule has 0 saturated heterocycles. The van der Waals surface area contributed by atoms with E-state index in [1.807, 2.05) is 0 Å². The van der Waals surface area contributed by atoms with Gasteiger partial charge in [0.25, 0.3) is 0 Å². The number of benzene rings is 1. The zero-order valence-electron chi connectivity index (χ0n) is 11.0. The number of carbonyl (C=O) groups is 1. The number of rotatable bonds is 7. The van der Waals surface area contributed by atoms with Crippen LogP contribution in [0.15, 0.2) is 12.1 Å². The number of ether oxygens (including phenoxy) is 2. The highest BCUT2D eigenvalue weighted by atomic mass is 35.5. The van der Waals surface area contributed by atoms with Crippen molar-refractivity contribution in [3.63, 3.8) is 0 Å². The number of nitrogens with one attached hydrogen (secondary N) is 1. The molecule has 0 fully saturated rings. The molecule has 6 heteroatoms. The van der Waals surface area contributed by atoms with Crippen molar-refractivity contribution in [2.75, 3.05) is 20.1 Å². The van der Waals surface area contributed by atoms with Crippen molar-refractivity contribution in [2.45, 2.75) is 19.4 Å². The second kappa shape index (κ2) is 8.12. The summed E-state index contributed by atoms with van der Waals surface area (Å²) in [6.45, 7) is 0.348. The Bertz CT molecular complexity index is 438. The predicted octanol–water partition coefficient (Wildman–Crippen LogP) is 2.99. The quantitative estimate of drug-likeness (QED) is 0.788. The molecule has 0 aliphatic heterocycles. The lowest BCUT2D eigenvalue weighted by atomic mass is 10.2. The van der Waals surface area contributed by atoms with E-state index in [4.69, 9.17) is 32.7 Å². The van der Waals surface area contributed by atoms with Gasteiger partial charge in [0.05, 0.1) is 14.2 Å². The van der Waals surface area contributed by atoms with Crippen LogP contribution in [0.25, 0.3) is 0 Å². The molecule has 1 aromatic carbocycles. The van der Waals surface area contributed by atoms with Crippen LogP contribution in [-0.4, -0.2) is 26.0 Å². The Balaban J connectivity index is 2.70. The Morgan fingerprint density at radius 1 is 1.26 bits per heavy atom. The number of hydrogen-bond donors (Lipinski definition) is 1. The summed E-state index contributed by atoms with van der Waals surface area (Å²) >= 11 is 11.6. The molecule has 0 bridgehead atoms. The number of methoxy groups -OCH3 is 2. The first kappa shape index (κ1) is 15.9. The van der Waals surface area contributed by atoms with E-state index in [-0.39, 0.29) is 5.91 Å². The van der Waals surface area contributed by atoms with Gasteiger partial charge in [-0.2, -0.15) is 0 Å². The van der Waals surface area contributed by atoms with E-state index >= 15 is 0 Å². The lowest BCUT2D eigenvalue weighted by Gasteiger charge is -2.12. The summed E-state index contributed by atoms with van der Waals surface area (Å²) in [5.41, 5.74) is 0.776. The Labute approximate surface area is 123 Å². The van der Waals surface area contributed by atoms with Crippen LogP contribution in [0.5, 0.6) is 11.5 Å². The predicted molar refractivity (Wildman–Crippen MR) is 76.4 cm³/mol. The third-order valence-corrected chi connectivity index (χ3v) is 3.19. The van der Waals surface area contributed by atoms with E-state index < -0.39 is 0 Å². The summed E-state index contributed by atoms with van der Waals surface area (Å²) in [5, 5.41) is 3.31. The van der Waals surface area contributed by atoms with Crippen molar-refractivity contribution in [1.29, 1.82) is 0 Å². The minimum atomic E-state index is -0.0495. The van der Waals surface area contributed by atoms with Crippen molar-refractivity contribution < 1.29 is 14.3 Å². The fraction of sp³-hybridized carbons (Fsp3) is 0.462. The first-order valence-electron chi connectivity index (χ1n) is 5.85. The number of alkyl halides is 1. The fourth-order valence-electron chi connectivity index (χ4n) is 1.54. The van der Waals surface area contributed by atoms with E-state index in [0.717, 1.165) is 5.56 Å². The summed E-state index contributed by atoms with van der Waals surface area (Å²) in [5.74, 6) is 1.57. The molecule has 0 radical (unpaired) electrons. The fourth-order valence-corrected chi connectivity index (χ4v) is 1.90. The average Bonchev–Trinajstić information content (AvgIpc) is 2.43. The van der Waals surface area contributed by atoms with E-state index in [0.29, 0.717) is 41.8 Å². The first-order chi connectivity index (χ1) is 9.12. The molecule has 0 saturated carbocycles. The van der Waals surface area contributed by atoms with Crippen molar-refractivity contribution in [1.82, 2.24) is 5.32 Å². The highest BCUT2D eigenvalue weighted by Crippen LogP contribution is 2.32. The van der Waals surface area contributed by atoms with Gasteiger partial charge in [0, 0.05) is 29.9 Å². The number of amides is 1. The van der Waals surface area contributed by atoms with Crippen LogP contribution < -0.4 is 14.8 Å². The molecule has 0 aliphatic carbocycles. The van der Waals surface area contributed by atoms with Gasteiger partial charge in [-0.15, -0.1) is 11.6 Å². The molecule has 4 nitrogen and oxygen atoms in total. The number of carbonyl (C=O) groups excluding carboxylic acids is 1. The molecule has 0 aromatic heterocycles. The summed E-state index contributed by atoms with van der Waals surface area (Å²) in [4.78, 5) is 11.5. The van der Waals surface area contributed by atoms with Crippen LogP contribution in [0, 0.1) is 0 Å². The lowest BCUT2D eigenvalue weighted by molar-refractivity contribution is -0.121. The second-order valence-corrected chi connectivity index (χ2v) is 4.65. The van der Waals surface area contributed by atoms with Crippen LogP contribution in [0.1, 0.15) is 18.4 Å².